The van der Waals surface area contributed by atoms with Crippen molar-refractivity contribution in [2.45, 2.75) is 46.1 Å². The number of carbonyl (C=O) groups is 2. The molecule has 2 N–H and O–H groups in total. The van der Waals surface area contributed by atoms with Crippen LogP contribution in [0.1, 0.15) is 40.0 Å². The van der Waals surface area contributed by atoms with Gasteiger partial charge in [-0.05, 0) is 24.7 Å². The summed E-state index contributed by atoms with van der Waals surface area (Å²) in [5, 5.41) is 11.9. The lowest BCUT2D eigenvalue weighted by molar-refractivity contribution is -0.140. The Morgan fingerprint density at radius 1 is 1.32 bits per heavy atom. The first kappa shape index (κ1) is 16.0. The van der Waals surface area contributed by atoms with Crippen molar-refractivity contribution in [3.63, 3.8) is 0 Å². The third kappa shape index (κ3) is 5.19. The van der Waals surface area contributed by atoms with Gasteiger partial charge >= 0.3 is 5.97 Å². The number of nitrogens with zero attached hydrogens (tertiary/aromatic N) is 1. The highest BCUT2D eigenvalue weighted by Crippen LogP contribution is 2.20. The monoisotopic (exact) mass is 270 g/mol. The largest absolute Gasteiger partial charge is 0.480 e. The van der Waals surface area contributed by atoms with Crippen LogP contribution in [0.5, 0.6) is 0 Å². The van der Waals surface area contributed by atoms with Crippen molar-refractivity contribution in [2.24, 2.45) is 11.8 Å². The maximum Gasteiger partial charge on any atom is 0.320 e. The molecule has 5 heteroatoms. The lowest BCUT2D eigenvalue weighted by Gasteiger charge is -2.35. The Balaban J connectivity index is 2.43. The smallest absolute Gasteiger partial charge is 0.320 e. The van der Waals surface area contributed by atoms with Gasteiger partial charge < -0.3 is 10.0 Å². The van der Waals surface area contributed by atoms with Gasteiger partial charge in [-0.3, -0.25) is 14.9 Å². The minimum Gasteiger partial charge on any atom is -0.480 e. The Hall–Kier alpha value is -1.10. The van der Waals surface area contributed by atoms with E-state index in [-0.39, 0.29) is 12.5 Å². The van der Waals surface area contributed by atoms with E-state index in [1.807, 2.05) is 11.8 Å². The van der Waals surface area contributed by atoms with Crippen molar-refractivity contribution in [3.05, 3.63) is 0 Å². The number of aliphatic carboxylic acids is 1. The molecule has 1 amide bonds. The Kier molecular flexibility index (Phi) is 6.28. The molecule has 1 aliphatic rings. The number of likely N-dealkylation sites (tertiary alicyclic amines) is 1. The molecule has 0 aromatic rings. The Morgan fingerprint density at radius 2 is 1.89 bits per heavy atom. The van der Waals surface area contributed by atoms with Gasteiger partial charge in [0.05, 0.1) is 6.54 Å². The zero-order valence-electron chi connectivity index (χ0n) is 12.2. The third-order valence-electron chi connectivity index (χ3n) is 3.60. The number of carboxylic acids is 1. The van der Waals surface area contributed by atoms with Gasteiger partial charge in [-0.25, -0.2) is 0 Å². The fourth-order valence-electron chi connectivity index (χ4n) is 2.79. The first-order valence-electron chi connectivity index (χ1n) is 7.18. The van der Waals surface area contributed by atoms with E-state index in [4.69, 9.17) is 5.11 Å². The van der Waals surface area contributed by atoms with Crippen molar-refractivity contribution in [1.82, 2.24) is 10.2 Å². The van der Waals surface area contributed by atoms with Crippen molar-refractivity contribution >= 4 is 11.9 Å². The van der Waals surface area contributed by atoms with E-state index in [1.54, 1.807) is 0 Å². The Bertz CT molecular complexity index is 310. The van der Waals surface area contributed by atoms with Gasteiger partial charge in [0.15, 0.2) is 0 Å². The number of rotatable bonds is 6. The lowest BCUT2D eigenvalue weighted by Crippen LogP contribution is -2.48. The first-order chi connectivity index (χ1) is 8.93. The minimum absolute atomic E-state index is 0.0146. The number of nitrogens with one attached hydrogen (secondary N) is 1. The van der Waals surface area contributed by atoms with E-state index in [9.17, 15) is 9.59 Å². The topological polar surface area (TPSA) is 69.6 Å². The second-order valence-corrected chi connectivity index (χ2v) is 5.81. The van der Waals surface area contributed by atoms with Crippen LogP contribution in [0.4, 0.5) is 0 Å². The lowest BCUT2D eigenvalue weighted by atomic mass is 9.92. The molecule has 110 valence electrons. The summed E-state index contributed by atoms with van der Waals surface area (Å²) in [5.41, 5.74) is 0. The highest BCUT2D eigenvalue weighted by molar-refractivity contribution is 5.80. The van der Waals surface area contributed by atoms with Crippen LogP contribution in [0.3, 0.4) is 0 Å². The third-order valence-corrected chi connectivity index (χ3v) is 3.60. The maximum atomic E-state index is 12.1. The molecular weight excluding hydrogens is 244 g/mol. The molecule has 0 aromatic heterocycles. The van der Waals surface area contributed by atoms with Gasteiger partial charge in [0.1, 0.15) is 6.04 Å². The van der Waals surface area contributed by atoms with Crippen LogP contribution in [-0.4, -0.2) is 47.6 Å². The van der Waals surface area contributed by atoms with E-state index in [0.29, 0.717) is 18.3 Å². The first-order valence-corrected chi connectivity index (χ1v) is 7.18. The van der Waals surface area contributed by atoms with E-state index in [1.165, 1.54) is 0 Å². The zero-order valence-corrected chi connectivity index (χ0v) is 12.2. The second-order valence-electron chi connectivity index (χ2n) is 5.81. The molecule has 0 bridgehead atoms. The number of carbonyl (C=O) groups excluding carboxylic acids is 1. The van der Waals surface area contributed by atoms with Gasteiger partial charge in [0, 0.05) is 13.1 Å². The number of hydrogen-bond donors (Lipinski definition) is 2. The molecule has 5 nitrogen and oxygen atoms in total. The molecule has 0 radical (unpaired) electrons. The summed E-state index contributed by atoms with van der Waals surface area (Å²) >= 11 is 0. The molecule has 0 aromatic carbocycles. The average Bonchev–Trinajstić information content (AvgIpc) is 2.32. The second kappa shape index (κ2) is 7.48. The predicted octanol–water partition coefficient (Wildman–Crippen LogP) is 1.33. The van der Waals surface area contributed by atoms with Crippen molar-refractivity contribution in [2.75, 3.05) is 19.6 Å². The summed E-state index contributed by atoms with van der Waals surface area (Å²) in [5.74, 6) is 0.188. The molecule has 0 aliphatic carbocycles. The Labute approximate surface area is 115 Å². The molecule has 3 unspecified atom stereocenters. The molecule has 3 atom stereocenters. The molecule has 19 heavy (non-hydrogen) atoms. The molecule has 1 saturated heterocycles. The van der Waals surface area contributed by atoms with Crippen LogP contribution in [0.2, 0.25) is 0 Å². The Morgan fingerprint density at radius 3 is 2.37 bits per heavy atom. The highest BCUT2D eigenvalue weighted by Gasteiger charge is 2.26. The number of piperidine rings is 1. The molecule has 1 rings (SSSR count). The summed E-state index contributed by atoms with van der Waals surface area (Å²) in [4.78, 5) is 24.9. The molecular formula is C14H26N2O3. The molecule has 0 saturated carbocycles. The van der Waals surface area contributed by atoms with Crippen LogP contribution < -0.4 is 5.32 Å². The fraction of sp³-hybridized carbons (Fsp3) is 0.857. The van der Waals surface area contributed by atoms with Crippen molar-refractivity contribution in [3.8, 4) is 0 Å². The quantitative estimate of drug-likeness (QED) is 0.764. The summed E-state index contributed by atoms with van der Waals surface area (Å²) in [6.07, 6.45) is 2.50. The van der Waals surface area contributed by atoms with E-state index in [0.717, 1.165) is 25.9 Å². The predicted molar refractivity (Wildman–Crippen MR) is 73.9 cm³/mol. The molecule has 1 heterocycles. The van der Waals surface area contributed by atoms with Crippen LogP contribution in [-0.2, 0) is 9.59 Å². The number of carboxylic acid groups (broad SMARTS) is 1. The summed E-state index contributed by atoms with van der Waals surface area (Å²) in [6.45, 7) is 7.94. The normalized spacial score (nSPS) is 25.1. The summed E-state index contributed by atoms with van der Waals surface area (Å²) < 4.78 is 0. The molecule has 0 spiro atoms. The van der Waals surface area contributed by atoms with Crippen LogP contribution in [0.25, 0.3) is 0 Å². The fourth-order valence-corrected chi connectivity index (χ4v) is 2.79. The van der Waals surface area contributed by atoms with Crippen LogP contribution in [0, 0.1) is 11.8 Å². The van der Waals surface area contributed by atoms with E-state index < -0.39 is 12.0 Å². The molecule has 1 fully saturated rings. The van der Waals surface area contributed by atoms with E-state index >= 15 is 0 Å². The van der Waals surface area contributed by atoms with Gasteiger partial charge in [0.25, 0.3) is 0 Å². The number of hydrogen-bond acceptors (Lipinski definition) is 3. The van der Waals surface area contributed by atoms with Gasteiger partial charge in [-0.2, -0.15) is 0 Å². The van der Waals surface area contributed by atoms with Gasteiger partial charge in [0.2, 0.25) is 5.91 Å². The average molecular weight is 270 g/mol. The van der Waals surface area contributed by atoms with Crippen LogP contribution in [0.15, 0.2) is 0 Å². The van der Waals surface area contributed by atoms with Gasteiger partial charge in [-0.15, -0.1) is 0 Å². The zero-order chi connectivity index (χ0) is 14.4. The minimum atomic E-state index is -0.880. The SMILES string of the molecule is CCCC(NCC(=O)N1CC(C)CC(C)C1)C(=O)O. The maximum absolute atomic E-state index is 12.1. The van der Waals surface area contributed by atoms with Crippen LogP contribution >= 0.6 is 0 Å². The molecule has 1 aliphatic heterocycles. The van der Waals surface area contributed by atoms with Crippen molar-refractivity contribution in [1.29, 1.82) is 0 Å². The van der Waals surface area contributed by atoms with E-state index in [2.05, 4.69) is 19.2 Å². The summed E-state index contributed by atoms with van der Waals surface area (Å²) in [6, 6.07) is -0.617. The number of amides is 1. The highest BCUT2D eigenvalue weighted by atomic mass is 16.4. The summed E-state index contributed by atoms with van der Waals surface area (Å²) in [7, 11) is 0. The standard InChI is InChI=1S/C14H26N2O3/c1-4-5-12(14(18)19)15-7-13(17)16-8-10(2)6-11(3)9-16/h10-12,15H,4-9H2,1-3H3,(H,18,19). The van der Waals surface area contributed by atoms with Crippen molar-refractivity contribution < 1.29 is 14.7 Å². The van der Waals surface area contributed by atoms with Gasteiger partial charge in [-0.1, -0.05) is 27.2 Å².